The van der Waals surface area contributed by atoms with Gasteiger partial charge in [-0.15, -0.1) is 0 Å². The van der Waals surface area contributed by atoms with Gasteiger partial charge >= 0.3 is 0 Å². The van der Waals surface area contributed by atoms with Crippen molar-refractivity contribution in [3.05, 3.63) is 52.7 Å². The normalized spacial score (nSPS) is 20.6. The number of hydrogen-bond acceptors (Lipinski definition) is 8. The second-order valence-corrected chi connectivity index (χ2v) is 8.59. The molecular formula is C25H25ClN2O7. The summed E-state index contributed by atoms with van der Waals surface area (Å²) in [6.07, 6.45) is 1.60. The van der Waals surface area contributed by atoms with Gasteiger partial charge in [-0.25, -0.2) is 0 Å². The van der Waals surface area contributed by atoms with Crippen molar-refractivity contribution in [2.24, 2.45) is 5.92 Å². The molecule has 1 aliphatic carbocycles. The topological polar surface area (TPSA) is 112 Å². The molecule has 184 valence electrons. The lowest BCUT2D eigenvalue weighted by molar-refractivity contribution is -0.129. The Balaban J connectivity index is 1.53. The number of halogens is 1. The Bertz CT molecular complexity index is 1240. The van der Waals surface area contributed by atoms with E-state index in [9.17, 15) is 14.4 Å². The molecule has 0 radical (unpaired) electrons. The van der Waals surface area contributed by atoms with E-state index < -0.39 is 23.1 Å². The molecule has 2 aliphatic rings. The van der Waals surface area contributed by atoms with E-state index in [1.807, 2.05) is 0 Å². The first-order valence-corrected chi connectivity index (χ1v) is 11.2. The molecule has 2 atom stereocenters. The smallest absolute Gasteiger partial charge is 0.243 e. The van der Waals surface area contributed by atoms with Crippen LogP contribution in [-0.2, 0) is 9.59 Å². The van der Waals surface area contributed by atoms with Gasteiger partial charge in [0.15, 0.2) is 5.75 Å². The van der Waals surface area contributed by atoms with Crippen LogP contribution in [0.4, 0.5) is 5.69 Å². The molecule has 1 heterocycles. The SMILES string of the molecule is COc1ccccc1NC(=O)CNC1=CC(=O)[C@@]2(Oc3c(Cl)c(OC)cc(OC)c3C2=O)[C@H](C)C1. The van der Waals surface area contributed by atoms with E-state index in [0.29, 0.717) is 23.6 Å². The van der Waals surface area contributed by atoms with Gasteiger partial charge < -0.3 is 29.6 Å². The summed E-state index contributed by atoms with van der Waals surface area (Å²) in [5.74, 6) is -0.852. The molecule has 1 aliphatic heterocycles. The van der Waals surface area contributed by atoms with E-state index in [4.69, 9.17) is 30.5 Å². The van der Waals surface area contributed by atoms with Crippen molar-refractivity contribution in [3.8, 4) is 23.0 Å². The molecule has 0 fully saturated rings. The Labute approximate surface area is 207 Å². The van der Waals surface area contributed by atoms with Crippen LogP contribution in [0.3, 0.4) is 0 Å². The van der Waals surface area contributed by atoms with Gasteiger partial charge in [-0.3, -0.25) is 14.4 Å². The van der Waals surface area contributed by atoms with Crippen molar-refractivity contribution in [2.45, 2.75) is 18.9 Å². The number of rotatable bonds is 7. The van der Waals surface area contributed by atoms with Gasteiger partial charge in [0.05, 0.1) is 33.6 Å². The molecule has 2 aromatic rings. The number of ether oxygens (including phenoxy) is 4. The molecule has 4 rings (SSSR count). The Morgan fingerprint density at radius 3 is 2.46 bits per heavy atom. The number of anilines is 1. The van der Waals surface area contributed by atoms with Gasteiger partial charge in [-0.05, 0) is 18.6 Å². The van der Waals surface area contributed by atoms with Crippen molar-refractivity contribution in [1.29, 1.82) is 0 Å². The van der Waals surface area contributed by atoms with Crippen LogP contribution in [0.25, 0.3) is 0 Å². The minimum atomic E-state index is -1.77. The Morgan fingerprint density at radius 2 is 1.80 bits per heavy atom. The van der Waals surface area contributed by atoms with Crippen LogP contribution in [0.2, 0.25) is 5.02 Å². The minimum Gasteiger partial charge on any atom is -0.496 e. The number of amides is 1. The van der Waals surface area contributed by atoms with E-state index in [-0.39, 0.29) is 40.3 Å². The molecule has 2 N–H and O–H groups in total. The first-order chi connectivity index (χ1) is 16.8. The third-order valence-electron chi connectivity index (χ3n) is 6.17. The zero-order chi connectivity index (χ0) is 25.3. The predicted octanol–water partition coefficient (Wildman–Crippen LogP) is 3.40. The maximum atomic E-state index is 13.5. The van der Waals surface area contributed by atoms with Gasteiger partial charge in [0.1, 0.15) is 27.8 Å². The molecule has 0 aromatic heterocycles. The zero-order valence-electron chi connectivity index (χ0n) is 19.7. The highest BCUT2D eigenvalue weighted by Crippen LogP contribution is 2.52. The summed E-state index contributed by atoms with van der Waals surface area (Å²) in [5.41, 5.74) is -0.603. The van der Waals surface area contributed by atoms with E-state index in [1.54, 1.807) is 31.2 Å². The largest absolute Gasteiger partial charge is 0.496 e. The molecule has 35 heavy (non-hydrogen) atoms. The van der Waals surface area contributed by atoms with Gasteiger partial charge in [0, 0.05) is 23.8 Å². The first kappa shape index (κ1) is 24.4. The first-order valence-electron chi connectivity index (χ1n) is 10.9. The fraction of sp³-hybridized carbons (Fsp3) is 0.320. The second-order valence-electron chi connectivity index (χ2n) is 8.21. The number of nitrogens with one attached hydrogen (secondary N) is 2. The number of ketones is 2. The van der Waals surface area contributed by atoms with Crippen LogP contribution in [0.15, 0.2) is 42.1 Å². The summed E-state index contributed by atoms with van der Waals surface area (Å²) < 4.78 is 21.8. The van der Waals surface area contributed by atoms with Crippen LogP contribution in [0.5, 0.6) is 23.0 Å². The van der Waals surface area contributed by atoms with Crippen LogP contribution in [0, 0.1) is 5.92 Å². The molecule has 9 nitrogen and oxygen atoms in total. The number of carbonyl (C=O) groups excluding carboxylic acids is 3. The fourth-order valence-electron chi connectivity index (χ4n) is 4.39. The molecule has 0 saturated heterocycles. The van der Waals surface area contributed by atoms with Crippen LogP contribution < -0.4 is 29.6 Å². The van der Waals surface area contributed by atoms with Gasteiger partial charge in [0.2, 0.25) is 23.1 Å². The summed E-state index contributed by atoms with van der Waals surface area (Å²) in [6, 6.07) is 8.53. The molecule has 0 bridgehead atoms. The lowest BCUT2D eigenvalue weighted by Gasteiger charge is -2.35. The number of carbonyl (C=O) groups is 3. The molecule has 1 amide bonds. The molecule has 0 unspecified atom stereocenters. The monoisotopic (exact) mass is 500 g/mol. The van der Waals surface area contributed by atoms with Crippen molar-refractivity contribution in [3.63, 3.8) is 0 Å². The van der Waals surface area contributed by atoms with Crippen molar-refractivity contribution in [2.75, 3.05) is 33.2 Å². The van der Waals surface area contributed by atoms with E-state index >= 15 is 0 Å². The standard InChI is InChI=1S/C25H25ClN2O7/c1-13-9-14(27-12-20(30)28-15-7-5-6-8-16(15)32-2)10-19(29)25(13)24(31)21-17(33-3)11-18(34-4)22(26)23(21)35-25/h5-8,10-11,13,27H,9,12H2,1-4H3,(H,28,30)/t13-,25+/m1/s1. The number of fused-ring (bicyclic) bond motifs is 1. The zero-order valence-corrected chi connectivity index (χ0v) is 20.4. The second kappa shape index (κ2) is 9.50. The number of methoxy groups -OCH3 is 3. The lowest BCUT2D eigenvalue weighted by atomic mass is 9.74. The molecule has 10 heteroatoms. The Hall–Kier alpha value is -3.72. The summed E-state index contributed by atoms with van der Waals surface area (Å²) in [7, 11) is 4.35. The maximum Gasteiger partial charge on any atom is 0.243 e. The van der Waals surface area contributed by atoms with Crippen LogP contribution in [0.1, 0.15) is 23.7 Å². The summed E-state index contributed by atoms with van der Waals surface area (Å²) in [5, 5.41) is 5.84. The van der Waals surface area contributed by atoms with Gasteiger partial charge in [-0.1, -0.05) is 30.7 Å². The van der Waals surface area contributed by atoms with E-state index in [2.05, 4.69) is 10.6 Å². The molecule has 0 saturated carbocycles. The highest BCUT2D eigenvalue weighted by molar-refractivity contribution is 6.36. The summed E-state index contributed by atoms with van der Waals surface area (Å²) >= 11 is 6.40. The number of benzene rings is 2. The number of allylic oxidation sites excluding steroid dienone is 1. The van der Waals surface area contributed by atoms with E-state index in [0.717, 1.165) is 0 Å². The minimum absolute atomic E-state index is 0.0639. The van der Waals surface area contributed by atoms with Crippen molar-refractivity contribution in [1.82, 2.24) is 5.32 Å². The predicted molar refractivity (Wildman–Crippen MR) is 129 cm³/mol. The van der Waals surface area contributed by atoms with Gasteiger partial charge in [-0.2, -0.15) is 0 Å². The molecule has 2 aromatic carbocycles. The van der Waals surface area contributed by atoms with Gasteiger partial charge in [0.25, 0.3) is 0 Å². The Kier molecular flexibility index (Phi) is 6.62. The molecular weight excluding hydrogens is 476 g/mol. The molecule has 1 spiro atoms. The van der Waals surface area contributed by atoms with E-state index in [1.165, 1.54) is 33.5 Å². The quantitative estimate of drug-likeness (QED) is 0.556. The van der Waals surface area contributed by atoms with Crippen molar-refractivity contribution >= 4 is 34.8 Å². The number of Topliss-reactive ketones (excluding diaryl/α,β-unsaturated/α-hetero) is 1. The fourth-order valence-corrected chi connectivity index (χ4v) is 4.65. The third kappa shape index (κ3) is 4.05. The third-order valence-corrected chi connectivity index (χ3v) is 6.53. The highest BCUT2D eigenvalue weighted by atomic mass is 35.5. The maximum absolute atomic E-state index is 13.5. The van der Waals surface area contributed by atoms with Crippen LogP contribution in [-0.4, -0.2) is 50.9 Å². The average Bonchev–Trinajstić information content (AvgIpc) is 3.17. The summed E-state index contributed by atoms with van der Waals surface area (Å²) in [6.45, 7) is 1.66. The Morgan fingerprint density at radius 1 is 1.11 bits per heavy atom. The lowest BCUT2D eigenvalue weighted by Crippen LogP contribution is -2.55. The van der Waals surface area contributed by atoms with Crippen molar-refractivity contribution < 1.29 is 33.3 Å². The highest BCUT2D eigenvalue weighted by Gasteiger charge is 2.60. The van der Waals surface area contributed by atoms with Crippen LogP contribution >= 0.6 is 11.6 Å². The number of hydrogen-bond donors (Lipinski definition) is 2. The number of para-hydroxylation sites is 2. The average molecular weight is 501 g/mol. The summed E-state index contributed by atoms with van der Waals surface area (Å²) in [4.78, 5) is 39.3.